The third-order valence-electron chi connectivity index (χ3n) is 4.66. The highest BCUT2D eigenvalue weighted by molar-refractivity contribution is 6.17. The molecule has 10 heteroatoms. The lowest BCUT2D eigenvalue weighted by Crippen LogP contribution is -2.24. The number of nitrogens with zero attached hydrogens (tertiary/aromatic N) is 3. The molecule has 32 heavy (non-hydrogen) atoms. The molecule has 1 atom stereocenters. The average Bonchev–Trinajstić information content (AvgIpc) is 3.36. The van der Waals surface area contributed by atoms with Crippen LogP contribution >= 0.6 is 11.6 Å². The number of para-hydroxylation sites is 1. The summed E-state index contributed by atoms with van der Waals surface area (Å²) >= 11 is 5.66. The minimum absolute atomic E-state index is 0.258. The lowest BCUT2D eigenvalue weighted by Gasteiger charge is -2.26. The summed E-state index contributed by atoms with van der Waals surface area (Å²) in [7, 11) is 0. The monoisotopic (exact) mass is 455 g/mol. The molecule has 4 rings (SSSR count). The summed E-state index contributed by atoms with van der Waals surface area (Å²) in [6, 6.07) is 12.8. The van der Waals surface area contributed by atoms with Crippen LogP contribution in [0.4, 0.5) is 5.69 Å². The molecule has 0 spiro atoms. The first-order valence-electron chi connectivity index (χ1n) is 10.2. The summed E-state index contributed by atoms with van der Waals surface area (Å²) in [4.78, 5) is 12.5. The van der Waals surface area contributed by atoms with Crippen molar-refractivity contribution in [2.24, 2.45) is 0 Å². The Morgan fingerprint density at radius 1 is 1.25 bits per heavy atom. The van der Waals surface area contributed by atoms with Gasteiger partial charge in [0, 0.05) is 12.0 Å². The highest BCUT2D eigenvalue weighted by atomic mass is 35.5. The summed E-state index contributed by atoms with van der Waals surface area (Å²) in [6.45, 7) is 0.888. The second-order valence-electron chi connectivity index (χ2n) is 6.97. The van der Waals surface area contributed by atoms with Crippen molar-refractivity contribution >= 4 is 29.3 Å². The van der Waals surface area contributed by atoms with Crippen LogP contribution in [0, 0.1) is 0 Å². The summed E-state index contributed by atoms with van der Waals surface area (Å²) < 4.78 is 17.4. The summed E-state index contributed by atoms with van der Waals surface area (Å²) in [5.74, 6) is 2.54. The Balaban J connectivity index is 1.36. The Bertz CT molecular complexity index is 1060. The molecule has 9 nitrogen and oxygen atoms in total. The van der Waals surface area contributed by atoms with Crippen LogP contribution in [0.5, 0.6) is 17.2 Å². The fourth-order valence-corrected chi connectivity index (χ4v) is 3.23. The number of tetrazole rings is 1. The number of fused-ring (bicyclic) bond motifs is 1. The lowest BCUT2D eigenvalue weighted by atomic mass is 10.2. The van der Waals surface area contributed by atoms with Gasteiger partial charge in [-0.25, -0.2) is 5.10 Å². The largest absolute Gasteiger partial charge is 0.494 e. The van der Waals surface area contributed by atoms with Gasteiger partial charge in [-0.2, -0.15) is 0 Å². The zero-order valence-corrected chi connectivity index (χ0v) is 17.9. The van der Waals surface area contributed by atoms with Gasteiger partial charge in [0.05, 0.1) is 12.3 Å². The molecule has 3 aromatic rings. The van der Waals surface area contributed by atoms with Crippen molar-refractivity contribution in [3.8, 4) is 17.2 Å². The number of alkyl halides is 1. The molecular formula is C22H22ClN5O4. The first kappa shape index (κ1) is 21.6. The maximum Gasteiger partial charge on any atom is 0.248 e. The number of aromatic amines is 1. The van der Waals surface area contributed by atoms with Gasteiger partial charge in [0.1, 0.15) is 12.4 Å². The number of nitrogens with one attached hydrogen (secondary N) is 2. The molecule has 1 unspecified atom stereocenters. The van der Waals surface area contributed by atoms with Gasteiger partial charge >= 0.3 is 0 Å². The third kappa shape index (κ3) is 5.55. The number of carbonyl (C=O) groups is 1. The molecule has 2 N–H and O–H groups in total. The van der Waals surface area contributed by atoms with E-state index in [1.165, 1.54) is 6.08 Å². The Hall–Kier alpha value is -3.59. The first-order valence-corrected chi connectivity index (χ1v) is 10.7. The van der Waals surface area contributed by atoms with E-state index in [2.05, 4.69) is 25.9 Å². The normalized spacial score (nSPS) is 15.0. The number of aromatic nitrogens is 4. The minimum Gasteiger partial charge on any atom is -0.494 e. The summed E-state index contributed by atoms with van der Waals surface area (Å²) in [6.07, 6.45) is 4.53. The van der Waals surface area contributed by atoms with Crippen LogP contribution in [0.1, 0.15) is 30.3 Å². The van der Waals surface area contributed by atoms with E-state index in [0.717, 1.165) is 24.2 Å². The highest BCUT2D eigenvalue weighted by Gasteiger charge is 2.27. The third-order valence-corrected chi connectivity index (χ3v) is 4.93. The smallest absolute Gasteiger partial charge is 0.248 e. The number of amides is 1. The molecule has 1 amide bonds. The maximum atomic E-state index is 12.5. The standard InChI is InChI=1S/C22H22ClN5O4/c23-12-1-2-13-30-16-9-6-15(7-10-16)8-11-20(29)24-17-4-3-5-18-21(17)32-19(14-31-18)22-25-27-28-26-22/h3-11,19H,1-2,12-14H2,(H,24,29)(H,25,26,27,28). The fraction of sp³-hybridized carbons (Fsp3) is 0.273. The van der Waals surface area contributed by atoms with Gasteiger partial charge in [-0.1, -0.05) is 18.2 Å². The van der Waals surface area contributed by atoms with Gasteiger partial charge in [0.25, 0.3) is 0 Å². The van der Waals surface area contributed by atoms with Crippen molar-refractivity contribution < 1.29 is 19.0 Å². The molecule has 0 aliphatic carbocycles. The topological polar surface area (TPSA) is 111 Å². The quantitative estimate of drug-likeness (QED) is 0.287. The zero-order chi connectivity index (χ0) is 22.2. The number of rotatable bonds is 9. The number of ether oxygens (including phenoxy) is 3. The predicted octanol–water partition coefficient (Wildman–Crippen LogP) is 3.76. The molecule has 166 valence electrons. The Kier molecular flexibility index (Phi) is 7.19. The molecule has 1 aliphatic heterocycles. The molecule has 0 radical (unpaired) electrons. The van der Waals surface area contributed by atoms with E-state index in [9.17, 15) is 4.79 Å². The van der Waals surface area contributed by atoms with Crippen molar-refractivity contribution in [2.45, 2.75) is 18.9 Å². The Morgan fingerprint density at radius 3 is 2.91 bits per heavy atom. The summed E-state index contributed by atoms with van der Waals surface area (Å²) in [5, 5.41) is 16.5. The molecule has 0 saturated carbocycles. The molecule has 2 heterocycles. The van der Waals surface area contributed by atoms with E-state index < -0.39 is 6.10 Å². The van der Waals surface area contributed by atoms with Crippen LogP contribution in [-0.4, -0.2) is 45.6 Å². The van der Waals surface area contributed by atoms with Gasteiger partial charge in [0.2, 0.25) is 5.91 Å². The zero-order valence-electron chi connectivity index (χ0n) is 17.2. The molecule has 2 aromatic carbocycles. The molecule has 0 saturated heterocycles. The van der Waals surface area contributed by atoms with Gasteiger partial charge in [-0.05, 0) is 59.2 Å². The van der Waals surface area contributed by atoms with Gasteiger partial charge in [-0.15, -0.1) is 16.7 Å². The van der Waals surface area contributed by atoms with Crippen molar-refractivity contribution in [1.29, 1.82) is 0 Å². The van der Waals surface area contributed by atoms with Crippen LogP contribution in [0.3, 0.4) is 0 Å². The summed E-state index contributed by atoms with van der Waals surface area (Å²) in [5.41, 5.74) is 1.37. The van der Waals surface area contributed by atoms with Crippen molar-refractivity contribution in [3.63, 3.8) is 0 Å². The minimum atomic E-state index is -0.498. The first-order chi connectivity index (χ1) is 15.7. The van der Waals surface area contributed by atoms with Gasteiger partial charge in [-0.3, -0.25) is 4.79 Å². The van der Waals surface area contributed by atoms with Crippen LogP contribution in [0.15, 0.2) is 48.5 Å². The number of anilines is 1. The SMILES string of the molecule is O=C(C=Cc1ccc(OCCCCCl)cc1)Nc1cccc2c1OC(c1nnn[nH]1)CO2. The predicted molar refractivity (Wildman–Crippen MR) is 119 cm³/mol. The van der Waals surface area contributed by atoms with E-state index in [0.29, 0.717) is 35.5 Å². The molecular weight excluding hydrogens is 434 g/mol. The highest BCUT2D eigenvalue weighted by Crippen LogP contribution is 2.41. The lowest BCUT2D eigenvalue weighted by molar-refractivity contribution is -0.111. The number of benzene rings is 2. The number of hydrogen-bond donors (Lipinski definition) is 2. The Morgan fingerprint density at radius 2 is 2.12 bits per heavy atom. The maximum absolute atomic E-state index is 12.5. The number of hydrogen-bond acceptors (Lipinski definition) is 7. The second-order valence-corrected chi connectivity index (χ2v) is 7.35. The van der Waals surface area contributed by atoms with Crippen molar-refractivity contribution in [3.05, 3.63) is 59.9 Å². The Labute approximate surface area is 189 Å². The van der Waals surface area contributed by atoms with E-state index in [-0.39, 0.29) is 12.5 Å². The second kappa shape index (κ2) is 10.6. The van der Waals surface area contributed by atoms with Crippen LogP contribution in [-0.2, 0) is 4.79 Å². The van der Waals surface area contributed by atoms with E-state index in [4.69, 9.17) is 25.8 Å². The van der Waals surface area contributed by atoms with Crippen molar-refractivity contribution in [2.75, 3.05) is 24.4 Å². The van der Waals surface area contributed by atoms with Gasteiger partial charge < -0.3 is 19.5 Å². The molecule has 0 bridgehead atoms. The fourth-order valence-electron chi connectivity index (χ4n) is 3.04. The van der Waals surface area contributed by atoms with E-state index in [1.54, 1.807) is 24.3 Å². The molecule has 0 fully saturated rings. The number of halogens is 1. The molecule has 1 aromatic heterocycles. The van der Waals surface area contributed by atoms with Crippen LogP contribution in [0.2, 0.25) is 0 Å². The van der Waals surface area contributed by atoms with Gasteiger partial charge in [0.15, 0.2) is 23.4 Å². The average molecular weight is 456 g/mol. The number of carbonyl (C=O) groups excluding carboxylic acids is 1. The number of unbranched alkanes of at least 4 members (excludes halogenated alkanes) is 1. The number of H-pyrrole nitrogens is 1. The van der Waals surface area contributed by atoms with Crippen LogP contribution < -0.4 is 19.5 Å². The van der Waals surface area contributed by atoms with Crippen LogP contribution in [0.25, 0.3) is 6.08 Å². The molecule has 1 aliphatic rings. The van der Waals surface area contributed by atoms with Crippen molar-refractivity contribution in [1.82, 2.24) is 20.6 Å². The van der Waals surface area contributed by atoms with E-state index in [1.807, 2.05) is 24.3 Å². The van der Waals surface area contributed by atoms with E-state index >= 15 is 0 Å².